The average molecular weight is 354 g/mol. The van der Waals surface area contributed by atoms with E-state index in [0.29, 0.717) is 12.1 Å². The topological polar surface area (TPSA) is 82.6 Å². The number of hydrogen-bond acceptors (Lipinski definition) is 6. The van der Waals surface area contributed by atoms with Gasteiger partial charge in [-0.25, -0.2) is 8.42 Å². The van der Waals surface area contributed by atoms with Crippen LogP contribution < -0.4 is 5.32 Å². The standard InChI is InChI=1S/C16H26N4O3S/c1-19(2)9-4-7-17-13-5-8-18-15(11-13)16(21)20(3)14-6-10-24(22,23)12-14/h5,8,11,14H,4,6-7,9-10,12H2,1-3H3,(H,17,18). The van der Waals surface area contributed by atoms with Gasteiger partial charge in [0.25, 0.3) is 5.91 Å². The maximum atomic E-state index is 12.5. The normalized spacial score (nSPS) is 19.4. The van der Waals surface area contributed by atoms with E-state index in [1.165, 1.54) is 4.90 Å². The van der Waals surface area contributed by atoms with E-state index in [0.717, 1.165) is 25.2 Å². The lowest BCUT2D eigenvalue weighted by Gasteiger charge is -2.23. The first-order chi connectivity index (χ1) is 11.3. The van der Waals surface area contributed by atoms with Crippen molar-refractivity contribution in [3.8, 4) is 0 Å². The Labute approximate surface area is 144 Å². The Morgan fingerprint density at radius 1 is 1.38 bits per heavy atom. The fourth-order valence-electron chi connectivity index (χ4n) is 2.71. The Kier molecular flexibility index (Phi) is 6.17. The van der Waals surface area contributed by atoms with Gasteiger partial charge < -0.3 is 15.1 Å². The highest BCUT2D eigenvalue weighted by Crippen LogP contribution is 2.19. The summed E-state index contributed by atoms with van der Waals surface area (Å²) in [4.78, 5) is 20.3. The minimum absolute atomic E-state index is 0.0394. The third-order valence-corrected chi connectivity index (χ3v) is 5.92. The molecule has 1 fully saturated rings. The Morgan fingerprint density at radius 3 is 2.75 bits per heavy atom. The van der Waals surface area contributed by atoms with Crippen molar-refractivity contribution in [1.29, 1.82) is 0 Å². The van der Waals surface area contributed by atoms with Crippen LogP contribution in [-0.2, 0) is 9.84 Å². The largest absolute Gasteiger partial charge is 0.385 e. The van der Waals surface area contributed by atoms with Crippen molar-refractivity contribution in [2.75, 3.05) is 51.1 Å². The minimum Gasteiger partial charge on any atom is -0.385 e. The number of aromatic nitrogens is 1. The van der Waals surface area contributed by atoms with E-state index in [2.05, 4.69) is 15.2 Å². The highest BCUT2D eigenvalue weighted by Gasteiger charge is 2.33. The molecule has 0 bridgehead atoms. The number of nitrogens with zero attached hydrogens (tertiary/aromatic N) is 3. The molecular formula is C16H26N4O3S. The average Bonchev–Trinajstić information content (AvgIpc) is 2.90. The van der Waals surface area contributed by atoms with Gasteiger partial charge in [0.1, 0.15) is 5.69 Å². The molecular weight excluding hydrogens is 328 g/mol. The highest BCUT2D eigenvalue weighted by atomic mass is 32.2. The van der Waals surface area contributed by atoms with E-state index in [9.17, 15) is 13.2 Å². The van der Waals surface area contributed by atoms with Crippen LogP contribution in [0, 0.1) is 0 Å². The van der Waals surface area contributed by atoms with Crippen LogP contribution in [0.4, 0.5) is 5.69 Å². The van der Waals surface area contributed by atoms with Crippen molar-refractivity contribution in [2.24, 2.45) is 0 Å². The fourth-order valence-corrected chi connectivity index (χ4v) is 4.49. The van der Waals surface area contributed by atoms with Gasteiger partial charge in [0, 0.05) is 31.5 Å². The van der Waals surface area contributed by atoms with Gasteiger partial charge in [-0.3, -0.25) is 9.78 Å². The number of amides is 1. The van der Waals surface area contributed by atoms with Gasteiger partial charge in [-0.15, -0.1) is 0 Å². The number of carbonyl (C=O) groups is 1. The molecule has 0 saturated carbocycles. The van der Waals surface area contributed by atoms with E-state index < -0.39 is 9.84 Å². The first-order valence-electron chi connectivity index (χ1n) is 8.11. The Hall–Kier alpha value is -1.67. The summed E-state index contributed by atoms with van der Waals surface area (Å²) in [6.45, 7) is 1.80. The molecule has 1 aromatic heterocycles. The van der Waals surface area contributed by atoms with Crippen LogP contribution in [0.2, 0.25) is 0 Å². The summed E-state index contributed by atoms with van der Waals surface area (Å²) in [6.07, 6.45) is 3.09. The van der Waals surface area contributed by atoms with Crippen LogP contribution in [0.3, 0.4) is 0 Å². The van der Waals surface area contributed by atoms with Crippen molar-refractivity contribution >= 4 is 21.4 Å². The highest BCUT2D eigenvalue weighted by molar-refractivity contribution is 7.91. The summed E-state index contributed by atoms with van der Waals surface area (Å²) >= 11 is 0. The Bertz CT molecular complexity index is 676. The lowest BCUT2D eigenvalue weighted by Crippen LogP contribution is -2.38. The third kappa shape index (κ3) is 5.17. The molecule has 1 amide bonds. The molecule has 8 heteroatoms. The quantitative estimate of drug-likeness (QED) is 0.726. The number of hydrogen-bond donors (Lipinski definition) is 1. The summed E-state index contributed by atoms with van der Waals surface area (Å²) in [5, 5.41) is 3.28. The zero-order valence-electron chi connectivity index (χ0n) is 14.5. The second-order valence-electron chi connectivity index (χ2n) is 6.49. The van der Waals surface area contributed by atoms with Crippen LogP contribution in [-0.4, -0.2) is 80.9 Å². The van der Waals surface area contributed by atoms with Crippen molar-refractivity contribution in [3.05, 3.63) is 24.0 Å². The van der Waals surface area contributed by atoms with Crippen molar-refractivity contribution < 1.29 is 13.2 Å². The Balaban J connectivity index is 1.96. The fraction of sp³-hybridized carbons (Fsp3) is 0.625. The third-order valence-electron chi connectivity index (χ3n) is 4.17. The molecule has 134 valence electrons. The molecule has 0 spiro atoms. The molecule has 2 heterocycles. The van der Waals surface area contributed by atoms with Crippen LogP contribution >= 0.6 is 0 Å². The summed E-state index contributed by atoms with van der Waals surface area (Å²) in [5.41, 5.74) is 1.18. The van der Waals surface area contributed by atoms with E-state index >= 15 is 0 Å². The predicted octanol–water partition coefficient (Wildman–Crippen LogP) is 0.704. The van der Waals surface area contributed by atoms with Gasteiger partial charge in [0.05, 0.1) is 11.5 Å². The van der Waals surface area contributed by atoms with Gasteiger partial charge >= 0.3 is 0 Å². The summed E-state index contributed by atoms with van der Waals surface area (Å²) < 4.78 is 23.2. The lowest BCUT2D eigenvalue weighted by molar-refractivity contribution is 0.0742. The van der Waals surface area contributed by atoms with Crippen LogP contribution in [0.5, 0.6) is 0 Å². The van der Waals surface area contributed by atoms with Gasteiger partial charge in [0.15, 0.2) is 9.84 Å². The molecule has 1 atom stereocenters. The number of nitrogens with one attached hydrogen (secondary N) is 1. The zero-order valence-corrected chi connectivity index (χ0v) is 15.3. The second-order valence-corrected chi connectivity index (χ2v) is 8.72. The number of sulfone groups is 1. The van der Waals surface area contributed by atoms with E-state index in [-0.39, 0.29) is 23.5 Å². The first-order valence-corrected chi connectivity index (χ1v) is 9.93. The molecule has 2 rings (SSSR count). The molecule has 0 radical (unpaired) electrons. The smallest absolute Gasteiger partial charge is 0.272 e. The van der Waals surface area contributed by atoms with E-state index in [4.69, 9.17) is 0 Å². The van der Waals surface area contributed by atoms with Crippen LogP contribution in [0.15, 0.2) is 18.3 Å². The SMILES string of the molecule is CN(C)CCCNc1ccnc(C(=O)N(C)C2CCS(=O)(=O)C2)c1. The summed E-state index contributed by atoms with van der Waals surface area (Å²) in [6, 6.07) is 3.28. The minimum atomic E-state index is -3.02. The number of rotatable bonds is 7. The molecule has 24 heavy (non-hydrogen) atoms. The number of carbonyl (C=O) groups excluding carboxylic acids is 1. The molecule has 1 unspecified atom stereocenters. The van der Waals surface area contributed by atoms with Gasteiger partial charge in [-0.1, -0.05) is 0 Å². The second kappa shape index (κ2) is 7.94. The van der Waals surface area contributed by atoms with Crippen LogP contribution in [0.25, 0.3) is 0 Å². The van der Waals surface area contributed by atoms with Crippen molar-refractivity contribution in [2.45, 2.75) is 18.9 Å². The van der Waals surface area contributed by atoms with E-state index in [1.807, 2.05) is 20.2 Å². The zero-order chi connectivity index (χ0) is 17.7. The lowest BCUT2D eigenvalue weighted by atomic mass is 10.2. The molecule has 0 aliphatic carbocycles. The maximum Gasteiger partial charge on any atom is 0.272 e. The number of anilines is 1. The molecule has 1 aromatic rings. The summed E-state index contributed by atoms with van der Waals surface area (Å²) in [5.74, 6) is -0.0532. The molecule has 1 N–H and O–H groups in total. The van der Waals surface area contributed by atoms with Gasteiger partial charge in [-0.2, -0.15) is 0 Å². The van der Waals surface area contributed by atoms with Crippen molar-refractivity contribution in [3.63, 3.8) is 0 Å². The number of pyridine rings is 1. The predicted molar refractivity (Wildman–Crippen MR) is 95.1 cm³/mol. The molecule has 1 aliphatic rings. The van der Waals surface area contributed by atoms with Gasteiger partial charge in [0.2, 0.25) is 0 Å². The first kappa shape index (κ1) is 18.7. The van der Waals surface area contributed by atoms with E-state index in [1.54, 1.807) is 19.3 Å². The Morgan fingerprint density at radius 2 is 2.12 bits per heavy atom. The molecule has 1 aliphatic heterocycles. The van der Waals surface area contributed by atoms with Crippen LogP contribution in [0.1, 0.15) is 23.3 Å². The molecule has 1 saturated heterocycles. The van der Waals surface area contributed by atoms with Crippen molar-refractivity contribution in [1.82, 2.24) is 14.8 Å². The summed E-state index contributed by atoms with van der Waals surface area (Å²) in [7, 11) is 2.69. The monoisotopic (exact) mass is 354 g/mol. The molecule has 0 aromatic carbocycles. The molecule has 7 nitrogen and oxygen atoms in total. The van der Waals surface area contributed by atoms with Gasteiger partial charge in [-0.05, 0) is 45.6 Å². The maximum absolute atomic E-state index is 12.5.